The molecule has 0 aliphatic rings. The van der Waals surface area contributed by atoms with Crippen molar-refractivity contribution < 1.29 is 4.79 Å². The zero-order valence-corrected chi connectivity index (χ0v) is 12.2. The molecule has 1 unspecified atom stereocenters. The Morgan fingerprint density at radius 1 is 1.31 bits per heavy atom. The quantitative estimate of drug-likeness (QED) is 0.720. The summed E-state index contributed by atoms with van der Waals surface area (Å²) < 4.78 is 0.184. The van der Waals surface area contributed by atoms with E-state index in [2.05, 4.69) is 44.6 Å². The van der Waals surface area contributed by atoms with Crippen LogP contribution in [0.2, 0.25) is 0 Å². The van der Waals surface area contributed by atoms with E-state index in [1.807, 2.05) is 6.92 Å². The number of carbonyl (C=O) groups is 1. The molecule has 0 aromatic rings. The third kappa shape index (κ3) is 7.12. The highest BCUT2D eigenvalue weighted by molar-refractivity contribution is 7.99. The summed E-state index contributed by atoms with van der Waals surface area (Å²) in [4.78, 5) is 11.6. The highest BCUT2D eigenvalue weighted by Crippen LogP contribution is 2.19. The van der Waals surface area contributed by atoms with Crippen LogP contribution in [0.15, 0.2) is 0 Å². The minimum atomic E-state index is 0.0816. The van der Waals surface area contributed by atoms with Crippen molar-refractivity contribution in [3.8, 4) is 0 Å². The van der Waals surface area contributed by atoms with Gasteiger partial charge < -0.3 is 10.6 Å². The van der Waals surface area contributed by atoms with Gasteiger partial charge in [0.1, 0.15) is 0 Å². The van der Waals surface area contributed by atoms with E-state index in [0.29, 0.717) is 12.5 Å². The third-order valence-electron chi connectivity index (χ3n) is 2.78. The van der Waals surface area contributed by atoms with E-state index >= 15 is 0 Å². The van der Waals surface area contributed by atoms with E-state index in [1.54, 1.807) is 11.8 Å². The lowest BCUT2D eigenvalue weighted by Crippen LogP contribution is -2.43. The smallest absolute Gasteiger partial charge is 0.234 e. The second-order valence-corrected chi connectivity index (χ2v) is 6.68. The van der Waals surface area contributed by atoms with Crippen molar-refractivity contribution in [2.24, 2.45) is 5.92 Å². The van der Waals surface area contributed by atoms with E-state index in [0.717, 1.165) is 6.54 Å². The maximum absolute atomic E-state index is 11.6. The topological polar surface area (TPSA) is 41.1 Å². The molecular weight excluding hydrogens is 220 g/mol. The molecule has 0 heterocycles. The number of thioether (sulfide) groups is 1. The number of hydrogen-bond donors (Lipinski definition) is 2. The van der Waals surface area contributed by atoms with Crippen LogP contribution in [0, 0.1) is 5.92 Å². The molecular formula is C12H26N2OS. The van der Waals surface area contributed by atoms with Crippen LogP contribution in [0.4, 0.5) is 0 Å². The number of amides is 1. The molecule has 0 fully saturated rings. The van der Waals surface area contributed by atoms with E-state index in [4.69, 9.17) is 0 Å². The SMILES string of the molecule is CSC(C)(C)CNCC(=O)NC(C)C(C)C. The lowest BCUT2D eigenvalue weighted by molar-refractivity contribution is -0.121. The summed E-state index contributed by atoms with van der Waals surface area (Å²) in [6.07, 6.45) is 2.09. The van der Waals surface area contributed by atoms with Gasteiger partial charge in [0.15, 0.2) is 0 Å². The van der Waals surface area contributed by atoms with Gasteiger partial charge in [-0.15, -0.1) is 0 Å². The summed E-state index contributed by atoms with van der Waals surface area (Å²) in [5.41, 5.74) is 0. The molecule has 0 aliphatic carbocycles. The van der Waals surface area contributed by atoms with Crippen LogP contribution in [-0.4, -0.2) is 36.0 Å². The Morgan fingerprint density at radius 3 is 2.31 bits per heavy atom. The van der Waals surface area contributed by atoms with Gasteiger partial charge in [0.05, 0.1) is 6.54 Å². The average molecular weight is 246 g/mol. The van der Waals surface area contributed by atoms with Gasteiger partial charge in [0.25, 0.3) is 0 Å². The molecule has 0 bridgehead atoms. The number of carbonyl (C=O) groups excluding carboxylic acids is 1. The van der Waals surface area contributed by atoms with Crippen LogP contribution in [0.3, 0.4) is 0 Å². The van der Waals surface area contributed by atoms with Crippen LogP contribution in [0.5, 0.6) is 0 Å². The summed E-state index contributed by atoms with van der Waals surface area (Å²) in [6.45, 7) is 11.8. The molecule has 96 valence electrons. The van der Waals surface area contributed by atoms with E-state index in [1.165, 1.54) is 0 Å². The molecule has 0 aromatic heterocycles. The first kappa shape index (κ1) is 15.8. The van der Waals surface area contributed by atoms with Crippen LogP contribution < -0.4 is 10.6 Å². The fourth-order valence-corrected chi connectivity index (χ4v) is 1.27. The average Bonchev–Trinajstić information content (AvgIpc) is 2.17. The Bertz CT molecular complexity index is 217. The molecule has 0 radical (unpaired) electrons. The highest BCUT2D eigenvalue weighted by Gasteiger charge is 2.16. The first-order valence-electron chi connectivity index (χ1n) is 5.83. The predicted octanol–water partition coefficient (Wildman–Crippen LogP) is 1.88. The van der Waals surface area contributed by atoms with E-state index < -0.39 is 0 Å². The second kappa shape index (κ2) is 7.17. The molecule has 0 saturated heterocycles. The number of rotatable bonds is 7. The zero-order chi connectivity index (χ0) is 12.8. The van der Waals surface area contributed by atoms with Crippen LogP contribution in [0.25, 0.3) is 0 Å². The summed E-state index contributed by atoms with van der Waals surface area (Å²) >= 11 is 1.80. The minimum Gasteiger partial charge on any atom is -0.352 e. The Hall–Kier alpha value is -0.220. The molecule has 0 rings (SSSR count). The van der Waals surface area contributed by atoms with Crippen molar-refractivity contribution in [3.63, 3.8) is 0 Å². The maximum atomic E-state index is 11.6. The molecule has 0 spiro atoms. The van der Waals surface area contributed by atoms with Gasteiger partial charge in [-0.1, -0.05) is 13.8 Å². The fourth-order valence-electron chi connectivity index (χ4n) is 1.02. The maximum Gasteiger partial charge on any atom is 0.234 e. The van der Waals surface area contributed by atoms with E-state index in [-0.39, 0.29) is 16.7 Å². The minimum absolute atomic E-state index is 0.0816. The first-order chi connectivity index (χ1) is 7.28. The Kier molecular flexibility index (Phi) is 7.07. The lowest BCUT2D eigenvalue weighted by atomic mass is 10.1. The van der Waals surface area contributed by atoms with Crippen molar-refractivity contribution >= 4 is 17.7 Å². The molecule has 0 aromatic carbocycles. The van der Waals surface area contributed by atoms with Gasteiger partial charge in [0, 0.05) is 17.3 Å². The highest BCUT2D eigenvalue weighted by atomic mass is 32.2. The van der Waals surface area contributed by atoms with Crippen molar-refractivity contribution in [1.82, 2.24) is 10.6 Å². The van der Waals surface area contributed by atoms with Crippen LogP contribution in [-0.2, 0) is 4.79 Å². The van der Waals surface area contributed by atoms with Crippen LogP contribution >= 0.6 is 11.8 Å². The van der Waals surface area contributed by atoms with Crippen molar-refractivity contribution in [2.75, 3.05) is 19.3 Å². The summed E-state index contributed by atoms with van der Waals surface area (Å²) in [7, 11) is 0. The zero-order valence-electron chi connectivity index (χ0n) is 11.4. The van der Waals surface area contributed by atoms with Gasteiger partial charge in [-0.3, -0.25) is 4.79 Å². The third-order valence-corrected chi connectivity index (χ3v) is 4.03. The standard InChI is InChI=1S/C12H26N2OS/c1-9(2)10(3)14-11(15)7-13-8-12(4,5)16-6/h9-10,13H,7-8H2,1-6H3,(H,14,15). The summed E-state index contributed by atoms with van der Waals surface area (Å²) in [6, 6.07) is 0.239. The second-order valence-electron chi connectivity index (χ2n) is 5.17. The summed E-state index contributed by atoms with van der Waals surface area (Å²) in [5, 5.41) is 6.16. The Labute approximate surface area is 104 Å². The normalized spacial score (nSPS) is 13.9. The van der Waals surface area contributed by atoms with Crippen molar-refractivity contribution in [2.45, 2.75) is 45.4 Å². The largest absolute Gasteiger partial charge is 0.352 e. The van der Waals surface area contributed by atoms with Crippen molar-refractivity contribution in [3.05, 3.63) is 0 Å². The van der Waals surface area contributed by atoms with Crippen molar-refractivity contribution in [1.29, 1.82) is 0 Å². The molecule has 4 heteroatoms. The molecule has 1 amide bonds. The lowest BCUT2D eigenvalue weighted by Gasteiger charge is -2.23. The Morgan fingerprint density at radius 2 is 1.88 bits per heavy atom. The van der Waals surface area contributed by atoms with Gasteiger partial charge in [-0.05, 0) is 32.9 Å². The molecule has 0 saturated carbocycles. The predicted molar refractivity (Wildman–Crippen MR) is 72.9 cm³/mol. The van der Waals surface area contributed by atoms with Gasteiger partial charge in [0.2, 0.25) is 5.91 Å². The molecule has 1 atom stereocenters. The van der Waals surface area contributed by atoms with Gasteiger partial charge in [-0.2, -0.15) is 11.8 Å². The fraction of sp³-hybridized carbons (Fsp3) is 0.917. The summed E-state index contributed by atoms with van der Waals surface area (Å²) in [5.74, 6) is 0.560. The van der Waals surface area contributed by atoms with E-state index in [9.17, 15) is 4.79 Å². The monoisotopic (exact) mass is 246 g/mol. The van der Waals surface area contributed by atoms with Gasteiger partial charge in [-0.25, -0.2) is 0 Å². The Balaban J connectivity index is 3.75. The molecule has 16 heavy (non-hydrogen) atoms. The molecule has 0 aliphatic heterocycles. The van der Waals surface area contributed by atoms with Gasteiger partial charge >= 0.3 is 0 Å². The van der Waals surface area contributed by atoms with Crippen LogP contribution in [0.1, 0.15) is 34.6 Å². The first-order valence-corrected chi connectivity index (χ1v) is 7.06. The number of nitrogens with one attached hydrogen (secondary N) is 2. The molecule has 2 N–H and O–H groups in total. The molecule has 3 nitrogen and oxygen atoms in total. The number of hydrogen-bond acceptors (Lipinski definition) is 3.